The number of nitrogens with zero attached hydrogens (tertiary/aromatic N) is 1. The van der Waals surface area contributed by atoms with E-state index >= 15 is 0 Å². The molecule has 0 bridgehead atoms. The molecule has 71 valence electrons. The van der Waals surface area contributed by atoms with Gasteiger partial charge >= 0.3 is 6.09 Å². The summed E-state index contributed by atoms with van der Waals surface area (Å²) in [4.78, 5) is 10.8. The van der Waals surface area contributed by atoms with Crippen LogP contribution in [-0.2, 0) is 6.61 Å². The quantitative estimate of drug-likeness (QED) is 0.715. The number of carboxylic acid groups (broad SMARTS) is 1. The lowest BCUT2D eigenvalue weighted by Crippen LogP contribution is -2.05. The van der Waals surface area contributed by atoms with Gasteiger partial charge in [-0.1, -0.05) is 12.1 Å². The first-order valence-corrected chi connectivity index (χ1v) is 4.09. The van der Waals surface area contributed by atoms with Crippen LogP contribution in [0, 0.1) is 6.07 Å². The summed E-state index contributed by atoms with van der Waals surface area (Å²) in [5, 5.41) is 18.5. The van der Waals surface area contributed by atoms with Crippen molar-refractivity contribution in [3.63, 3.8) is 0 Å². The average molecular weight is 190 g/mol. The predicted octanol–water partition coefficient (Wildman–Crippen LogP) is 1.46. The third kappa shape index (κ3) is 1.16. The van der Waals surface area contributed by atoms with E-state index in [9.17, 15) is 4.79 Å². The Morgan fingerprint density at radius 2 is 2.36 bits per heavy atom. The molecule has 0 amide bonds. The van der Waals surface area contributed by atoms with Crippen LogP contribution in [0.5, 0.6) is 0 Å². The molecule has 0 aliphatic rings. The number of hydrogen-bond acceptors (Lipinski definition) is 2. The van der Waals surface area contributed by atoms with Gasteiger partial charge in [0, 0.05) is 17.1 Å². The molecule has 0 unspecified atom stereocenters. The maximum absolute atomic E-state index is 10.8. The zero-order valence-electron chi connectivity index (χ0n) is 7.27. The molecule has 1 heterocycles. The second-order valence-electron chi connectivity index (χ2n) is 2.90. The highest BCUT2D eigenvalue weighted by atomic mass is 16.4. The van der Waals surface area contributed by atoms with Crippen molar-refractivity contribution in [1.29, 1.82) is 0 Å². The van der Waals surface area contributed by atoms with Gasteiger partial charge < -0.3 is 10.2 Å². The number of aliphatic hydroxyl groups is 1. The zero-order chi connectivity index (χ0) is 10.1. The summed E-state index contributed by atoms with van der Waals surface area (Å²) in [5.41, 5.74) is 1.12. The van der Waals surface area contributed by atoms with E-state index in [-0.39, 0.29) is 6.61 Å². The number of aromatic nitrogens is 1. The van der Waals surface area contributed by atoms with Gasteiger partial charge in [0.2, 0.25) is 0 Å². The summed E-state index contributed by atoms with van der Waals surface area (Å²) in [6, 6.07) is 7.98. The summed E-state index contributed by atoms with van der Waals surface area (Å²) >= 11 is 0. The molecule has 1 radical (unpaired) electrons. The van der Waals surface area contributed by atoms with Crippen LogP contribution >= 0.6 is 0 Å². The fourth-order valence-corrected chi connectivity index (χ4v) is 1.45. The molecule has 0 spiro atoms. The smallest absolute Gasteiger partial charge is 0.416 e. The molecule has 0 fully saturated rings. The Labute approximate surface area is 80.0 Å². The van der Waals surface area contributed by atoms with Gasteiger partial charge in [-0.05, 0) is 12.1 Å². The summed E-state index contributed by atoms with van der Waals surface area (Å²) in [6.07, 6.45) is 0.345. The van der Waals surface area contributed by atoms with E-state index in [0.29, 0.717) is 16.5 Å². The lowest BCUT2D eigenvalue weighted by atomic mass is 10.2. The molecule has 2 rings (SSSR count). The second kappa shape index (κ2) is 3.16. The number of fused-ring (bicyclic) bond motifs is 1. The maximum Gasteiger partial charge on any atom is 0.416 e. The van der Waals surface area contributed by atoms with Crippen molar-refractivity contribution < 1.29 is 15.0 Å². The van der Waals surface area contributed by atoms with Crippen LogP contribution in [0.4, 0.5) is 4.79 Å². The summed E-state index contributed by atoms with van der Waals surface area (Å²) < 4.78 is 1.08. The molecule has 0 saturated heterocycles. The van der Waals surface area contributed by atoms with Crippen molar-refractivity contribution in [1.82, 2.24) is 4.57 Å². The SMILES string of the molecule is O=C(O)n1cc(CO)c2[c]cccc21. The Kier molecular flexibility index (Phi) is 1.98. The number of carbonyl (C=O) groups is 1. The molecule has 0 aliphatic heterocycles. The van der Waals surface area contributed by atoms with Crippen molar-refractivity contribution in [3.8, 4) is 0 Å². The van der Waals surface area contributed by atoms with Crippen LogP contribution in [0.25, 0.3) is 10.9 Å². The number of aliphatic hydroxyl groups excluding tert-OH is 1. The number of rotatable bonds is 1. The highest BCUT2D eigenvalue weighted by Gasteiger charge is 2.10. The van der Waals surface area contributed by atoms with Crippen LogP contribution in [0.1, 0.15) is 5.56 Å². The van der Waals surface area contributed by atoms with Crippen LogP contribution in [0.15, 0.2) is 24.4 Å². The summed E-state index contributed by atoms with van der Waals surface area (Å²) in [7, 11) is 0. The third-order valence-electron chi connectivity index (χ3n) is 2.08. The highest BCUT2D eigenvalue weighted by molar-refractivity contribution is 5.90. The van der Waals surface area contributed by atoms with E-state index in [1.807, 2.05) is 0 Å². The standard InChI is InChI=1S/C10H8NO3/c12-6-7-5-11(10(13)14)9-4-2-1-3-8(7)9/h1-2,4-5,12H,6H2,(H,13,14). The minimum absolute atomic E-state index is 0.183. The predicted molar refractivity (Wildman–Crippen MR) is 50.1 cm³/mol. The molecule has 4 nitrogen and oxygen atoms in total. The Morgan fingerprint density at radius 3 is 3.00 bits per heavy atom. The van der Waals surface area contributed by atoms with Gasteiger partial charge in [0.1, 0.15) is 0 Å². The van der Waals surface area contributed by atoms with Gasteiger partial charge in [0.25, 0.3) is 0 Å². The minimum Gasteiger partial charge on any atom is -0.464 e. The van der Waals surface area contributed by atoms with Crippen molar-refractivity contribution >= 4 is 17.0 Å². The lowest BCUT2D eigenvalue weighted by Gasteiger charge is -1.95. The van der Waals surface area contributed by atoms with E-state index in [1.165, 1.54) is 6.20 Å². The minimum atomic E-state index is -1.06. The number of benzene rings is 1. The maximum atomic E-state index is 10.8. The van der Waals surface area contributed by atoms with Crippen molar-refractivity contribution in [2.24, 2.45) is 0 Å². The first-order valence-electron chi connectivity index (χ1n) is 4.09. The van der Waals surface area contributed by atoms with Crippen molar-refractivity contribution in [2.75, 3.05) is 0 Å². The molecule has 1 aromatic carbocycles. The fraction of sp³-hybridized carbons (Fsp3) is 0.100. The molecule has 0 atom stereocenters. The number of hydrogen-bond donors (Lipinski definition) is 2. The van der Waals surface area contributed by atoms with Crippen LogP contribution < -0.4 is 0 Å². The fourth-order valence-electron chi connectivity index (χ4n) is 1.45. The summed E-state index contributed by atoms with van der Waals surface area (Å²) in [5.74, 6) is 0. The van der Waals surface area contributed by atoms with Crippen molar-refractivity contribution in [2.45, 2.75) is 6.61 Å². The van der Waals surface area contributed by atoms with E-state index in [4.69, 9.17) is 10.2 Å². The second-order valence-corrected chi connectivity index (χ2v) is 2.90. The molecule has 14 heavy (non-hydrogen) atoms. The molecule has 2 aromatic rings. The Morgan fingerprint density at radius 1 is 1.57 bits per heavy atom. The normalized spacial score (nSPS) is 10.6. The first-order chi connectivity index (χ1) is 6.74. The molecule has 0 saturated carbocycles. The third-order valence-corrected chi connectivity index (χ3v) is 2.08. The van der Waals surface area contributed by atoms with Gasteiger partial charge in [-0.25, -0.2) is 4.79 Å². The monoisotopic (exact) mass is 190 g/mol. The van der Waals surface area contributed by atoms with E-state index in [2.05, 4.69) is 6.07 Å². The molecule has 1 aromatic heterocycles. The van der Waals surface area contributed by atoms with E-state index in [0.717, 1.165) is 4.57 Å². The highest BCUT2D eigenvalue weighted by Crippen LogP contribution is 2.20. The first kappa shape index (κ1) is 8.77. The van der Waals surface area contributed by atoms with Crippen molar-refractivity contribution in [3.05, 3.63) is 36.0 Å². The zero-order valence-corrected chi connectivity index (χ0v) is 7.27. The van der Waals surface area contributed by atoms with E-state index < -0.39 is 6.09 Å². The van der Waals surface area contributed by atoms with Gasteiger partial charge in [0.05, 0.1) is 12.1 Å². The molecule has 4 heteroatoms. The van der Waals surface area contributed by atoms with Crippen LogP contribution in [0.2, 0.25) is 0 Å². The molecular weight excluding hydrogens is 182 g/mol. The Bertz CT molecular complexity index is 487. The van der Waals surface area contributed by atoms with Gasteiger partial charge in [-0.2, -0.15) is 0 Å². The van der Waals surface area contributed by atoms with Crippen LogP contribution in [0.3, 0.4) is 0 Å². The van der Waals surface area contributed by atoms with E-state index in [1.54, 1.807) is 18.2 Å². The molecule has 0 aliphatic carbocycles. The van der Waals surface area contributed by atoms with Gasteiger partial charge in [-0.3, -0.25) is 4.57 Å². The van der Waals surface area contributed by atoms with Gasteiger partial charge in [-0.15, -0.1) is 0 Å². The molecule has 2 N–H and O–H groups in total. The lowest BCUT2D eigenvalue weighted by molar-refractivity contribution is 0.197. The Hall–Kier alpha value is -1.81. The largest absolute Gasteiger partial charge is 0.464 e. The topological polar surface area (TPSA) is 62.5 Å². The summed E-state index contributed by atoms with van der Waals surface area (Å²) in [6.45, 7) is -0.183. The van der Waals surface area contributed by atoms with Gasteiger partial charge in [0.15, 0.2) is 0 Å². The molecular formula is C10H8NO3. The van der Waals surface area contributed by atoms with Crippen LogP contribution in [-0.4, -0.2) is 20.9 Å². The Balaban J connectivity index is 2.80. The average Bonchev–Trinajstić information content (AvgIpc) is 2.56.